The summed E-state index contributed by atoms with van der Waals surface area (Å²) in [5.41, 5.74) is 6.27. The average molecular weight is 426 g/mol. The predicted octanol–water partition coefficient (Wildman–Crippen LogP) is 3.12. The number of carbonyl (C=O) groups is 2. The van der Waals surface area contributed by atoms with Crippen molar-refractivity contribution in [1.82, 2.24) is 0 Å². The minimum atomic E-state index is -0.918. The first-order valence-electron chi connectivity index (χ1n) is 9.70. The lowest BCUT2D eigenvalue weighted by molar-refractivity contribution is -0.135. The molecule has 0 radical (unpaired) electrons. The van der Waals surface area contributed by atoms with Crippen LogP contribution in [0.4, 0.5) is 21.5 Å². The lowest BCUT2D eigenvalue weighted by Crippen LogP contribution is -2.50. The third kappa shape index (κ3) is 4.71. The molecule has 0 aliphatic carbocycles. The number of carbonyl (C=O) groups excluding carboxylic acids is 2. The van der Waals surface area contributed by atoms with Gasteiger partial charge in [0.2, 0.25) is 0 Å². The van der Waals surface area contributed by atoms with E-state index in [1.54, 1.807) is 31.2 Å². The van der Waals surface area contributed by atoms with Gasteiger partial charge in [-0.05, 0) is 49.7 Å². The summed E-state index contributed by atoms with van der Waals surface area (Å²) in [6, 6.07) is 10.7. The number of esters is 1. The number of piperidine rings is 1. The van der Waals surface area contributed by atoms with E-state index < -0.39 is 23.6 Å². The van der Waals surface area contributed by atoms with Crippen LogP contribution in [0.1, 0.15) is 13.3 Å². The van der Waals surface area contributed by atoms with Gasteiger partial charge in [0.1, 0.15) is 17.2 Å². The highest BCUT2D eigenvalue weighted by atomic mass is 19.1. The van der Waals surface area contributed by atoms with E-state index in [4.69, 9.17) is 20.6 Å². The first-order valence-corrected chi connectivity index (χ1v) is 9.70. The maximum absolute atomic E-state index is 14.5. The van der Waals surface area contributed by atoms with E-state index in [2.05, 4.69) is 4.99 Å². The number of nitrogens with one attached hydrogen (secondary N) is 1. The molecule has 3 rings (SSSR count). The summed E-state index contributed by atoms with van der Waals surface area (Å²) in [5.74, 6) is -2.66. The SMILES string of the molecule is CCOC(=O)C(=N)C1CCN(c2ccc(N)cc2)C(=O)C1=Nc1ccc(OC)cc1F. The summed E-state index contributed by atoms with van der Waals surface area (Å²) in [6.45, 7) is 1.97. The molecule has 1 unspecified atom stereocenters. The summed E-state index contributed by atoms with van der Waals surface area (Å²) in [6.07, 6.45) is 0.254. The molecule has 1 saturated heterocycles. The molecule has 2 aromatic carbocycles. The minimum Gasteiger partial charge on any atom is -0.497 e. The Bertz CT molecular complexity index is 1040. The molecular weight excluding hydrogens is 403 g/mol. The van der Waals surface area contributed by atoms with Crippen LogP contribution in [0, 0.1) is 17.1 Å². The lowest BCUT2D eigenvalue weighted by atomic mass is 9.88. The summed E-state index contributed by atoms with van der Waals surface area (Å²) < 4.78 is 24.4. The van der Waals surface area contributed by atoms with Gasteiger partial charge in [-0.25, -0.2) is 14.2 Å². The summed E-state index contributed by atoms with van der Waals surface area (Å²) in [5, 5.41) is 8.24. The van der Waals surface area contributed by atoms with Crippen molar-refractivity contribution in [2.75, 3.05) is 30.9 Å². The third-order valence-corrected chi connectivity index (χ3v) is 4.88. The summed E-state index contributed by atoms with van der Waals surface area (Å²) >= 11 is 0. The molecule has 1 aliphatic heterocycles. The van der Waals surface area contributed by atoms with Crippen LogP contribution >= 0.6 is 0 Å². The molecule has 3 N–H and O–H groups in total. The van der Waals surface area contributed by atoms with Crippen molar-refractivity contribution in [3.8, 4) is 5.75 Å². The number of nitrogens with zero attached hydrogens (tertiary/aromatic N) is 2. The number of hydrogen-bond acceptors (Lipinski definition) is 7. The molecule has 1 fully saturated rings. The van der Waals surface area contributed by atoms with E-state index in [1.807, 2.05) is 0 Å². The van der Waals surface area contributed by atoms with Crippen molar-refractivity contribution >= 4 is 40.4 Å². The van der Waals surface area contributed by atoms with Crippen LogP contribution in [0.5, 0.6) is 5.75 Å². The van der Waals surface area contributed by atoms with Crippen molar-refractivity contribution in [2.24, 2.45) is 10.9 Å². The Balaban J connectivity index is 2.03. The van der Waals surface area contributed by atoms with Gasteiger partial charge in [0, 0.05) is 24.0 Å². The third-order valence-electron chi connectivity index (χ3n) is 4.88. The van der Waals surface area contributed by atoms with E-state index in [-0.39, 0.29) is 36.7 Å². The highest BCUT2D eigenvalue weighted by molar-refractivity contribution is 6.53. The van der Waals surface area contributed by atoms with E-state index in [0.29, 0.717) is 17.1 Å². The van der Waals surface area contributed by atoms with Gasteiger partial charge in [-0.15, -0.1) is 0 Å². The maximum Gasteiger partial charge on any atom is 0.352 e. The van der Waals surface area contributed by atoms with Gasteiger partial charge in [-0.2, -0.15) is 0 Å². The largest absolute Gasteiger partial charge is 0.497 e. The molecule has 9 heteroatoms. The molecule has 1 aliphatic rings. The Labute approximate surface area is 179 Å². The van der Waals surface area contributed by atoms with Gasteiger partial charge in [0.05, 0.1) is 25.3 Å². The number of amides is 1. The molecule has 1 amide bonds. The van der Waals surface area contributed by atoms with E-state index in [9.17, 15) is 14.0 Å². The zero-order valence-electron chi connectivity index (χ0n) is 17.2. The Morgan fingerprint density at radius 1 is 1.29 bits per heavy atom. The van der Waals surface area contributed by atoms with Gasteiger partial charge in [0.15, 0.2) is 5.82 Å². The second kappa shape index (κ2) is 9.38. The molecule has 0 saturated carbocycles. The minimum absolute atomic E-state index is 0.0926. The van der Waals surface area contributed by atoms with E-state index in [1.165, 1.54) is 24.1 Å². The standard InChI is InChI=1S/C22H23FN4O4/c1-3-31-22(29)19(25)16-10-11-27(14-6-4-13(24)5-7-14)21(28)20(16)26-18-9-8-15(30-2)12-17(18)23/h4-9,12,16,25H,3,10-11,24H2,1-2H3. The number of halogens is 1. The van der Waals surface area contributed by atoms with Gasteiger partial charge in [-0.3, -0.25) is 10.2 Å². The highest BCUT2D eigenvalue weighted by Gasteiger charge is 2.38. The average Bonchev–Trinajstić information content (AvgIpc) is 2.76. The number of anilines is 2. The van der Waals surface area contributed by atoms with Crippen molar-refractivity contribution < 1.29 is 23.5 Å². The number of rotatable bonds is 6. The van der Waals surface area contributed by atoms with Gasteiger partial charge >= 0.3 is 5.97 Å². The number of hydrogen-bond donors (Lipinski definition) is 2. The van der Waals surface area contributed by atoms with Crippen molar-refractivity contribution in [3.63, 3.8) is 0 Å². The maximum atomic E-state index is 14.5. The zero-order valence-corrected chi connectivity index (χ0v) is 17.2. The predicted molar refractivity (Wildman–Crippen MR) is 116 cm³/mol. The molecule has 0 bridgehead atoms. The Hall–Kier alpha value is -3.75. The number of nitrogen functional groups attached to an aromatic ring is 1. The van der Waals surface area contributed by atoms with Crippen LogP contribution in [0.2, 0.25) is 0 Å². The smallest absolute Gasteiger partial charge is 0.352 e. The zero-order chi connectivity index (χ0) is 22.5. The number of benzene rings is 2. The van der Waals surface area contributed by atoms with E-state index in [0.717, 1.165) is 6.07 Å². The molecule has 162 valence electrons. The fraction of sp³-hybridized carbons (Fsp3) is 0.273. The lowest BCUT2D eigenvalue weighted by Gasteiger charge is -2.32. The molecule has 0 aromatic heterocycles. The Morgan fingerprint density at radius 2 is 2.00 bits per heavy atom. The second-order valence-corrected chi connectivity index (χ2v) is 6.84. The van der Waals surface area contributed by atoms with Crippen LogP contribution < -0.4 is 15.4 Å². The molecule has 8 nitrogen and oxygen atoms in total. The highest BCUT2D eigenvalue weighted by Crippen LogP contribution is 2.29. The van der Waals surface area contributed by atoms with Gasteiger partial charge < -0.3 is 20.1 Å². The normalized spacial score (nSPS) is 17.5. The van der Waals surface area contributed by atoms with Gasteiger partial charge in [-0.1, -0.05) is 0 Å². The van der Waals surface area contributed by atoms with Crippen LogP contribution in [-0.2, 0) is 14.3 Å². The fourth-order valence-electron chi connectivity index (χ4n) is 3.28. The molecule has 2 aromatic rings. The number of aliphatic imine (C=N–C) groups is 1. The number of ether oxygens (including phenoxy) is 2. The topological polar surface area (TPSA) is 118 Å². The number of methoxy groups -OCH3 is 1. The van der Waals surface area contributed by atoms with Crippen LogP contribution in [0.15, 0.2) is 47.5 Å². The Morgan fingerprint density at radius 3 is 2.61 bits per heavy atom. The molecule has 1 atom stereocenters. The fourth-order valence-corrected chi connectivity index (χ4v) is 3.28. The van der Waals surface area contributed by atoms with Crippen LogP contribution in [0.3, 0.4) is 0 Å². The first kappa shape index (κ1) is 21.9. The molecular formula is C22H23FN4O4. The molecule has 31 heavy (non-hydrogen) atoms. The van der Waals surface area contributed by atoms with Crippen molar-refractivity contribution in [3.05, 3.63) is 48.3 Å². The molecule has 1 heterocycles. The quantitative estimate of drug-likeness (QED) is 0.418. The summed E-state index contributed by atoms with van der Waals surface area (Å²) in [4.78, 5) is 31.2. The van der Waals surface area contributed by atoms with E-state index >= 15 is 0 Å². The van der Waals surface area contributed by atoms with Crippen LogP contribution in [-0.4, -0.2) is 43.6 Å². The van der Waals surface area contributed by atoms with Crippen LogP contribution in [0.25, 0.3) is 0 Å². The monoisotopic (exact) mass is 426 g/mol. The second-order valence-electron chi connectivity index (χ2n) is 6.84. The van der Waals surface area contributed by atoms with Crippen molar-refractivity contribution in [2.45, 2.75) is 13.3 Å². The van der Waals surface area contributed by atoms with Gasteiger partial charge in [0.25, 0.3) is 5.91 Å². The number of nitrogens with two attached hydrogens (primary N) is 1. The first-order chi connectivity index (χ1) is 14.8. The summed E-state index contributed by atoms with van der Waals surface area (Å²) in [7, 11) is 1.41. The Kier molecular flexibility index (Phi) is 6.64. The van der Waals surface area contributed by atoms with Crippen molar-refractivity contribution in [1.29, 1.82) is 5.41 Å². The molecule has 0 spiro atoms.